The molecule has 0 aliphatic heterocycles. The van der Waals surface area contributed by atoms with Crippen molar-refractivity contribution in [3.63, 3.8) is 0 Å². The number of hydrogen-bond donors (Lipinski definition) is 1. The normalized spacial score (nSPS) is 10.9. The highest BCUT2D eigenvalue weighted by molar-refractivity contribution is 5.99. The first-order chi connectivity index (χ1) is 8.58. The van der Waals surface area contributed by atoms with E-state index in [2.05, 4.69) is 6.92 Å². The predicted molar refractivity (Wildman–Crippen MR) is 69.4 cm³/mol. The van der Waals surface area contributed by atoms with Crippen LogP contribution in [0.2, 0.25) is 0 Å². The lowest BCUT2D eigenvalue weighted by Gasteiger charge is -2.19. The fourth-order valence-electron chi connectivity index (χ4n) is 1.75. The highest BCUT2D eigenvalue weighted by Gasteiger charge is 2.15. The average Bonchev–Trinajstić information content (AvgIpc) is 2.37. The zero-order valence-corrected chi connectivity index (χ0v) is 10.9. The van der Waals surface area contributed by atoms with Gasteiger partial charge in [0.15, 0.2) is 5.78 Å². The van der Waals surface area contributed by atoms with Crippen LogP contribution in [0.25, 0.3) is 0 Å². The van der Waals surface area contributed by atoms with Crippen molar-refractivity contribution in [3.05, 3.63) is 29.6 Å². The fourth-order valence-corrected chi connectivity index (χ4v) is 1.75. The first kappa shape index (κ1) is 14.6. The molecular formula is C14H20FNO2. The molecule has 0 saturated heterocycles. The maximum absolute atomic E-state index is 13.1. The topological polar surface area (TPSA) is 40.5 Å². The molecule has 0 heterocycles. The van der Waals surface area contributed by atoms with Crippen LogP contribution in [0.4, 0.5) is 4.39 Å². The first-order valence-electron chi connectivity index (χ1n) is 6.32. The average molecular weight is 253 g/mol. The van der Waals surface area contributed by atoms with E-state index in [1.807, 2.05) is 11.8 Å². The minimum Gasteiger partial charge on any atom is -0.507 e. The quantitative estimate of drug-likeness (QED) is 0.760. The summed E-state index contributed by atoms with van der Waals surface area (Å²) in [6.07, 6.45) is 2.09. The van der Waals surface area contributed by atoms with Gasteiger partial charge in [-0.2, -0.15) is 0 Å². The summed E-state index contributed by atoms with van der Waals surface area (Å²) < 4.78 is 13.1. The van der Waals surface area contributed by atoms with Crippen molar-refractivity contribution < 1.29 is 14.3 Å². The van der Waals surface area contributed by atoms with Gasteiger partial charge in [-0.25, -0.2) is 4.39 Å². The van der Waals surface area contributed by atoms with Crippen molar-refractivity contribution in [1.29, 1.82) is 0 Å². The molecule has 0 fully saturated rings. The number of nitrogens with zero attached hydrogens (tertiary/aromatic N) is 1. The van der Waals surface area contributed by atoms with Gasteiger partial charge in [-0.05, 0) is 37.7 Å². The zero-order valence-electron chi connectivity index (χ0n) is 10.9. The largest absolute Gasteiger partial charge is 0.507 e. The van der Waals surface area contributed by atoms with E-state index < -0.39 is 5.82 Å². The second kappa shape index (κ2) is 7.11. The van der Waals surface area contributed by atoms with Gasteiger partial charge < -0.3 is 5.11 Å². The molecule has 0 aromatic heterocycles. The minimum absolute atomic E-state index is 0.0601. The van der Waals surface area contributed by atoms with Gasteiger partial charge in [-0.15, -0.1) is 0 Å². The number of halogens is 1. The lowest BCUT2D eigenvalue weighted by molar-refractivity contribution is 0.0930. The molecule has 0 unspecified atom stereocenters. The van der Waals surface area contributed by atoms with Crippen molar-refractivity contribution in [2.24, 2.45) is 0 Å². The molecule has 0 bridgehead atoms. The van der Waals surface area contributed by atoms with Crippen LogP contribution in [-0.2, 0) is 0 Å². The molecule has 1 aromatic rings. The van der Waals surface area contributed by atoms with Gasteiger partial charge >= 0.3 is 0 Å². The van der Waals surface area contributed by atoms with Crippen molar-refractivity contribution in [1.82, 2.24) is 4.90 Å². The maximum atomic E-state index is 13.1. The van der Waals surface area contributed by atoms with E-state index >= 15 is 0 Å². The number of rotatable bonds is 7. The number of carbonyl (C=O) groups excluding carboxylic acids is 1. The number of carbonyl (C=O) groups is 1. The number of Topliss-reactive ketones (excluding diaryl/α,β-unsaturated/α-hetero) is 1. The summed E-state index contributed by atoms with van der Waals surface area (Å²) in [6.45, 7) is 5.90. The van der Waals surface area contributed by atoms with Crippen LogP contribution in [-0.4, -0.2) is 35.4 Å². The summed E-state index contributed by atoms with van der Waals surface area (Å²) in [7, 11) is 0. The maximum Gasteiger partial charge on any atom is 0.180 e. The standard InChI is InChI=1S/C14H20FNO2/c1-3-5-8-16(4-2)10-14(18)12-9-11(15)6-7-13(12)17/h6-7,9,17H,3-5,8,10H2,1-2H3. The van der Waals surface area contributed by atoms with E-state index in [1.54, 1.807) is 0 Å². The van der Waals surface area contributed by atoms with Gasteiger partial charge in [0.05, 0.1) is 12.1 Å². The number of phenolic OH excluding ortho intramolecular Hbond substituents is 1. The molecule has 0 radical (unpaired) electrons. The molecular weight excluding hydrogens is 233 g/mol. The number of hydrogen-bond acceptors (Lipinski definition) is 3. The molecule has 4 heteroatoms. The van der Waals surface area contributed by atoms with E-state index in [0.717, 1.165) is 38.1 Å². The van der Waals surface area contributed by atoms with Crippen LogP contribution in [0, 0.1) is 5.82 Å². The van der Waals surface area contributed by atoms with Gasteiger partial charge in [0.25, 0.3) is 0 Å². The van der Waals surface area contributed by atoms with Gasteiger partial charge in [0.1, 0.15) is 11.6 Å². The number of phenols is 1. The lowest BCUT2D eigenvalue weighted by atomic mass is 10.1. The Morgan fingerprint density at radius 1 is 1.39 bits per heavy atom. The first-order valence-corrected chi connectivity index (χ1v) is 6.32. The molecule has 0 saturated carbocycles. The van der Waals surface area contributed by atoms with Crippen LogP contribution in [0.15, 0.2) is 18.2 Å². The molecule has 0 spiro atoms. The Morgan fingerprint density at radius 2 is 2.11 bits per heavy atom. The number of likely N-dealkylation sites (N-methyl/N-ethyl adjacent to an activating group) is 1. The van der Waals surface area contributed by atoms with E-state index in [-0.39, 0.29) is 23.6 Å². The molecule has 3 nitrogen and oxygen atoms in total. The molecule has 0 aliphatic rings. The SMILES string of the molecule is CCCCN(CC)CC(=O)c1cc(F)ccc1O. The van der Waals surface area contributed by atoms with Gasteiger partial charge in [-0.3, -0.25) is 9.69 Å². The Hall–Kier alpha value is -1.42. The third kappa shape index (κ3) is 4.11. The fraction of sp³-hybridized carbons (Fsp3) is 0.500. The Balaban J connectivity index is 2.71. The molecule has 1 aromatic carbocycles. The molecule has 0 atom stereocenters. The summed E-state index contributed by atoms with van der Waals surface area (Å²) in [5.41, 5.74) is 0.0601. The summed E-state index contributed by atoms with van der Waals surface area (Å²) in [5.74, 6) is -0.911. The summed E-state index contributed by atoms with van der Waals surface area (Å²) in [5, 5.41) is 9.56. The molecule has 1 rings (SSSR count). The number of ketones is 1. The molecule has 1 N–H and O–H groups in total. The molecule has 0 aliphatic carbocycles. The van der Waals surface area contributed by atoms with Gasteiger partial charge in [0, 0.05) is 0 Å². The number of aromatic hydroxyl groups is 1. The van der Waals surface area contributed by atoms with Crippen molar-refractivity contribution in [2.75, 3.05) is 19.6 Å². The highest BCUT2D eigenvalue weighted by Crippen LogP contribution is 2.18. The van der Waals surface area contributed by atoms with E-state index in [4.69, 9.17) is 0 Å². The Bertz CT molecular complexity index is 407. The Morgan fingerprint density at radius 3 is 2.72 bits per heavy atom. The van der Waals surface area contributed by atoms with Crippen molar-refractivity contribution >= 4 is 5.78 Å². The smallest absolute Gasteiger partial charge is 0.180 e. The number of unbranched alkanes of at least 4 members (excludes halogenated alkanes) is 1. The lowest BCUT2D eigenvalue weighted by Crippen LogP contribution is -2.30. The molecule has 18 heavy (non-hydrogen) atoms. The van der Waals surface area contributed by atoms with Crippen LogP contribution >= 0.6 is 0 Å². The summed E-state index contributed by atoms with van der Waals surface area (Å²) in [6, 6.07) is 3.44. The monoisotopic (exact) mass is 253 g/mol. The van der Waals surface area contributed by atoms with Crippen molar-refractivity contribution in [3.8, 4) is 5.75 Å². The summed E-state index contributed by atoms with van der Waals surface area (Å²) in [4.78, 5) is 14.0. The number of benzene rings is 1. The minimum atomic E-state index is -0.507. The molecule has 0 amide bonds. The Kier molecular flexibility index (Phi) is 5.78. The second-order valence-electron chi connectivity index (χ2n) is 4.31. The molecule has 100 valence electrons. The van der Waals surface area contributed by atoms with Crippen LogP contribution in [0.5, 0.6) is 5.75 Å². The van der Waals surface area contributed by atoms with Crippen LogP contribution in [0.1, 0.15) is 37.0 Å². The van der Waals surface area contributed by atoms with Gasteiger partial charge in [-0.1, -0.05) is 20.3 Å². The van der Waals surface area contributed by atoms with Crippen LogP contribution in [0.3, 0.4) is 0 Å². The highest BCUT2D eigenvalue weighted by atomic mass is 19.1. The van der Waals surface area contributed by atoms with E-state index in [1.165, 1.54) is 6.07 Å². The Labute approximate surface area is 107 Å². The van der Waals surface area contributed by atoms with Crippen LogP contribution < -0.4 is 0 Å². The third-order valence-electron chi connectivity index (χ3n) is 2.90. The summed E-state index contributed by atoms with van der Waals surface area (Å²) >= 11 is 0. The van der Waals surface area contributed by atoms with Crippen molar-refractivity contribution in [2.45, 2.75) is 26.7 Å². The predicted octanol–water partition coefficient (Wildman–Crippen LogP) is 2.84. The third-order valence-corrected chi connectivity index (χ3v) is 2.90. The zero-order chi connectivity index (χ0) is 13.5. The second-order valence-corrected chi connectivity index (χ2v) is 4.31. The van der Waals surface area contributed by atoms with E-state index in [9.17, 15) is 14.3 Å². The van der Waals surface area contributed by atoms with Gasteiger partial charge in [0.2, 0.25) is 0 Å². The van der Waals surface area contributed by atoms with E-state index in [0.29, 0.717) is 0 Å².